The van der Waals surface area contributed by atoms with Gasteiger partial charge < -0.3 is 10.2 Å². The largest absolute Gasteiger partial charge is 0.329 e. The van der Waals surface area contributed by atoms with Gasteiger partial charge in [0, 0.05) is 24.8 Å². The summed E-state index contributed by atoms with van der Waals surface area (Å²) < 4.78 is 49.4. The molecule has 0 radical (unpaired) electrons. The summed E-state index contributed by atoms with van der Waals surface area (Å²) in [5.74, 6) is -4.61. The highest BCUT2D eigenvalue weighted by Crippen LogP contribution is 2.29. The average Bonchev–Trinajstić information content (AvgIpc) is 2.56. The van der Waals surface area contributed by atoms with Gasteiger partial charge in [0.25, 0.3) is 11.8 Å². The van der Waals surface area contributed by atoms with Crippen LogP contribution in [0, 0.1) is 0 Å². The molecule has 2 aromatic rings. The van der Waals surface area contributed by atoms with Gasteiger partial charge in [-0.2, -0.15) is 0 Å². The minimum Gasteiger partial charge on any atom is -0.329 e. The lowest BCUT2D eigenvalue weighted by atomic mass is 10.2. The standard InChI is InChI=1S/C7H6BrF2N3.C4H2BrClN2.C3H5F2N.ClH/c8-5-1-11-6(12-2-5)13-3-7(9,10)4-13;5-3-1-7-4(6)8-2-3;4-3(5)1-6-2-3;/h1-2H,3-4H2;1-2H;6H,1-2H2;1H. The van der Waals surface area contributed by atoms with Crippen LogP contribution in [0.4, 0.5) is 23.5 Å². The zero-order chi connectivity index (χ0) is 20.1. The van der Waals surface area contributed by atoms with Crippen molar-refractivity contribution in [3.63, 3.8) is 0 Å². The molecule has 2 aliphatic rings. The highest BCUT2D eigenvalue weighted by Gasteiger charge is 2.45. The minimum absolute atomic E-state index is 0. The number of nitrogens with zero attached hydrogens (tertiary/aromatic N) is 5. The van der Waals surface area contributed by atoms with Crippen molar-refractivity contribution < 1.29 is 17.6 Å². The molecular formula is C14H14Br2Cl2F4N6. The van der Waals surface area contributed by atoms with Crippen molar-refractivity contribution >= 4 is 61.8 Å². The zero-order valence-electron chi connectivity index (χ0n) is 13.9. The summed E-state index contributed by atoms with van der Waals surface area (Å²) in [6.45, 7) is -0.830. The summed E-state index contributed by atoms with van der Waals surface area (Å²) in [4.78, 5) is 16.6. The van der Waals surface area contributed by atoms with Gasteiger partial charge >= 0.3 is 0 Å². The maximum absolute atomic E-state index is 12.4. The first-order valence-electron chi connectivity index (χ1n) is 7.38. The van der Waals surface area contributed by atoms with Crippen molar-refractivity contribution in [2.24, 2.45) is 0 Å². The normalized spacial score (nSPS) is 18.0. The predicted molar refractivity (Wildman–Crippen MR) is 107 cm³/mol. The fraction of sp³-hybridized carbons (Fsp3) is 0.429. The van der Waals surface area contributed by atoms with Crippen LogP contribution >= 0.6 is 55.9 Å². The molecule has 4 rings (SSSR count). The first kappa shape index (κ1) is 25.2. The van der Waals surface area contributed by atoms with Crippen molar-refractivity contribution in [2.45, 2.75) is 11.8 Å². The maximum Gasteiger partial charge on any atom is 0.282 e. The van der Waals surface area contributed by atoms with Gasteiger partial charge in [-0.3, -0.25) is 0 Å². The molecule has 0 saturated carbocycles. The van der Waals surface area contributed by atoms with E-state index < -0.39 is 11.8 Å². The number of halogens is 8. The number of nitrogens with one attached hydrogen (secondary N) is 1. The molecule has 6 nitrogen and oxygen atoms in total. The molecule has 0 aromatic carbocycles. The van der Waals surface area contributed by atoms with E-state index >= 15 is 0 Å². The second-order valence-corrected chi connectivity index (χ2v) is 7.71. The number of aromatic nitrogens is 4. The van der Waals surface area contributed by atoms with Crippen LogP contribution in [0.5, 0.6) is 0 Å². The molecule has 0 unspecified atom stereocenters. The Morgan fingerprint density at radius 1 is 0.857 bits per heavy atom. The number of alkyl halides is 4. The summed E-state index contributed by atoms with van der Waals surface area (Å²) in [6, 6.07) is 0. The molecule has 0 bridgehead atoms. The Balaban J connectivity index is 0.000000225. The third-order valence-electron chi connectivity index (χ3n) is 3.09. The van der Waals surface area contributed by atoms with Gasteiger partial charge in [0.2, 0.25) is 11.2 Å². The number of anilines is 1. The van der Waals surface area contributed by atoms with E-state index in [1.54, 1.807) is 24.8 Å². The third kappa shape index (κ3) is 8.68. The Kier molecular flexibility index (Phi) is 9.74. The monoisotopic (exact) mass is 570 g/mol. The second-order valence-electron chi connectivity index (χ2n) is 5.54. The smallest absolute Gasteiger partial charge is 0.282 e. The molecule has 0 atom stereocenters. The topological polar surface area (TPSA) is 66.8 Å². The van der Waals surface area contributed by atoms with E-state index in [9.17, 15) is 17.6 Å². The Morgan fingerprint density at radius 3 is 1.54 bits per heavy atom. The first-order chi connectivity index (χ1) is 12.6. The molecular weight excluding hydrogens is 559 g/mol. The van der Waals surface area contributed by atoms with Crippen LogP contribution in [0.25, 0.3) is 0 Å². The summed E-state index contributed by atoms with van der Waals surface area (Å²) >= 11 is 11.7. The quantitative estimate of drug-likeness (QED) is 0.408. The van der Waals surface area contributed by atoms with E-state index in [1.807, 2.05) is 0 Å². The Bertz CT molecular complexity index is 705. The lowest BCUT2D eigenvalue weighted by Gasteiger charge is -2.38. The molecule has 28 heavy (non-hydrogen) atoms. The molecule has 0 spiro atoms. The highest BCUT2D eigenvalue weighted by molar-refractivity contribution is 9.10. The van der Waals surface area contributed by atoms with Crippen LogP contribution < -0.4 is 10.2 Å². The molecule has 14 heteroatoms. The molecule has 4 heterocycles. The van der Waals surface area contributed by atoms with E-state index in [4.69, 9.17) is 11.6 Å². The van der Waals surface area contributed by atoms with Crippen LogP contribution in [0.3, 0.4) is 0 Å². The molecule has 2 fully saturated rings. The summed E-state index contributed by atoms with van der Waals surface area (Å²) in [5.41, 5.74) is 0. The lowest BCUT2D eigenvalue weighted by Crippen LogP contribution is -2.57. The van der Waals surface area contributed by atoms with E-state index in [0.717, 1.165) is 8.95 Å². The van der Waals surface area contributed by atoms with Gasteiger partial charge in [0.1, 0.15) is 0 Å². The van der Waals surface area contributed by atoms with Crippen LogP contribution in [-0.2, 0) is 0 Å². The van der Waals surface area contributed by atoms with E-state index in [1.165, 1.54) is 4.90 Å². The number of rotatable bonds is 1. The zero-order valence-corrected chi connectivity index (χ0v) is 18.7. The molecule has 156 valence electrons. The van der Waals surface area contributed by atoms with Crippen molar-refractivity contribution in [3.8, 4) is 0 Å². The fourth-order valence-electron chi connectivity index (χ4n) is 1.73. The van der Waals surface area contributed by atoms with Gasteiger partial charge in [0.05, 0.1) is 35.1 Å². The molecule has 0 amide bonds. The summed E-state index contributed by atoms with van der Waals surface area (Å²) in [6.07, 6.45) is 6.27. The van der Waals surface area contributed by atoms with Crippen molar-refractivity contribution in [2.75, 3.05) is 31.1 Å². The van der Waals surface area contributed by atoms with Gasteiger partial charge in [-0.05, 0) is 43.5 Å². The van der Waals surface area contributed by atoms with Gasteiger partial charge in [-0.25, -0.2) is 37.5 Å². The number of hydrogen-bond acceptors (Lipinski definition) is 6. The van der Waals surface area contributed by atoms with Crippen LogP contribution in [-0.4, -0.2) is 58.0 Å². The van der Waals surface area contributed by atoms with E-state index in [2.05, 4.69) is 57.1 Å². The van der Waals surface area contributed by atoms with Crippen molar-refractivity contribution in [1.29, 1.82) is 0 Å². The third-order valence-corrected chi connectivity index (χ3v) is 4.10. The second kappa shape index (κ2) is 10.8. The Morgan fingerprint density at radius 2 is 1.25 bits per heavy atom. The molecule has 2 aliphatic heterocycles. The Hall–Kier alpha value is -0.820. The van der Waals surface area contributed by atoms with Crippen LogP contribution in [0.1, 0.15) is 0 Å². The summed E-state index contributed by atoms with van der Waals surface area (Å²) in [5, 5.41) is 2.72. The highest BCUT2D eigenvalue weighted by atomic mass is 79.9. The first-order valence-corrected chi connectivity index (χ1v) is 9.35. The maximum atomic E-state index is 12.4. The van der Waals surface area contributed by atoms with Crippen molar-refractivity contribution in [3.05, 3.63) is 39.0 Å². The fourth-order valence-corrected chi connectivity index (χ4v) is 2.24. The molecule has 0 aliphatic carbocycles. The average molecular weight is 573 g/mol. The Labute approximate surface area is 186 Å². The minimum atomic E-state index is -2.57. The van der Waals surface area contributed by atoms with Crippen molar-refractivity contribution in [1.82, 2.24) is 25.3 Å². The lowest BCUT2D eigenvalue weighted by molar-refractivity contribution is -0.0475. The SMILES string of the molecule is Cl.Clc1ncc(Br)cn1.FC1(F)CN(c2ncc(Br)cn2)C1.FC1(F)CNC1. The molecule has 2 aromatic heterocycles. The van der Waals surface area contributed by atoms with E-state index in [0.29, 0.717) is 5.95 Å². The molecule has 2 saturated heterocycles. The summed E-state index contributed by atoms with van der Waals surface area (Å²) in [7, 11) is 0. The molecule has 1 N–H and O–H groups in total. The van der Waals surface area contributed by atoms with Gasteiger partial charge in [-0.15, -0.1) is 12.4 Å². The van der Waals surface area contributed by atoms with Crippen LogP contribution in [0.2, 0.25) is 5.28 Å². The number of hydrogen-bond donors (Lipinski definition) is 1. The van der Waals surface area contributed by atoms with Gasteiger partial charge in [0.15, 0.2) is 0 Å². The van der Waals surface area contributed by atoms with Gasteiger partial charge in [-0.1, -0.05) is 0 Å². The van der Waals surface area contributed by atoms with E-state index in [-0.39, 0.29) is 43.9 Å². The van der Waals surface area contributed by atoms with Crippen LogP contribution in [0.15, 0.2) is 33.7 Å². The predicted octanol–water partition coefficient (Wildman–Crippen LogP) is 4.23.